The highest BCUT2D eigenvalue weighted by Crippen LogP contribution is 2.25. The van der Waals surface area contributed by atoms with Gasteiger partial charge in [0.25, 0.3) is 0 Å². The van der Waals surface area contributed by atoms with Crippen LogP contribution in [0.5, 0.6) is 5.75 Å². The van der Waals surface area contributed by atoms with Gasteiger partial charge in [0.15, 0.2) is 0 Å². The van der Waals surface area contributed by atoms with Gasteiger partial charge in [-0.2, -0.15) is 0 Å². The third kappa shape index (κ3) is 2.45. The van der Waals surface area contributed by atoms with E-state index in [0.29, 0.717) is 6.61 Å². The molecule has 3 rings (SSSR count). The minimum absolute atomic E-state index is 0.510. The van der Waals surface area contributed by atoms with Crippen molar-refractivity contribution in [2.45, 2.75) is 13.5 Å². The molecule has 1 heterocycles. The number of halogens is 1. The second-order valence-electron chi connectivity index (χ2n) is 4.55. The Balaban J connectivity index is 1.83. The third-order valence-corrected chi connectivity index (χ3v) is 3.47. The molecule has 19 heavy (non-hydrogen) atoms. The minimum Gasteiger partial charge on any atom is -0.487 e. The van der Waals surface area contributed by atoms with Gasteiger partial charge in [-0.1, -0.05) is 35.9 Å². The molecule has 0 saturated carbocycles. The maximum Gasteiger partial charge on any atom is 0.128 e. The maximum atomic E-state index is 6.15. The van der Waals surface area contributed by atoms with Crippen LogP contribution in [0, 0.1) is 6.92 Å². The van der Waals surface area contributed by atoms with Crippen molar-refractivity contribution < 1.29 is 4.74 Å². The predicted molar refractivity (Wildman–Crippen MR) is 78.8 cm³/mol. The number of aryl methyl sites for hydroxylation is 1. The van der Waals surface area contributed by atoms with E-state index in [2.05, 4.69) is 4.98 Å². The number of H-pyrrole nitrogens is 1. The molecule has 2 aromatic carbocycles. The quantitative estimate of drug-likeness (QED) is 0.733. The largest absolute Gasteiger partial charge is 0.487 e. The van der Waals surface area contributed by atoms with E-state index in [-0.39, 0.29) is 0 Å². The summed E-state index contributed by atoms with van der Waals surface area (Å²) in [6, 6.07) is 15.9. The molecule has 96 valence electrons. The second kappa shape index (κ2) is 4.98. The normalized spacial score (nSPS) is 10.8. The Hall–Kier alpha value is -1.93. The van der Waals surface area contributed by atoms with E-state index in [4.69, 9.17) is 16.3 Å². The fraction of sp³-hybridized carbons (Fsp3) is 0.125. The van der Waals surface area contributed by atoms with Crippen molar-refractivity contribution in [3.63, 3.8) is 0 Å². The molecule has 0 amide bonds. The monoisotopic (exact) mass is 271 g/mol. The molecule has 0 unspecified atom stereocenters. The third-order valence-electron chi connectivity index (χ3n) is 3.14. The van der Waals surface area contributed by atoms with Crippen LogP contribution in [-0.2, 0) is 6.61 Å². The van der Waals surface area contributed by atoms with Gasteiger partial charge < -0.3 is 9.72 Å². The Morgan fingerprint density at radius 1 is 1.11 bits per heavy atom. The average molecular weight is 272 g/mol. The molecule has 0 spiro atoms. The van der Waals surface area contributed by atoms with Crippen LogP contribution in [0.1, 0.15) is 11.3 Å². The Morgan fingerprint density at radius 3 is 2.74 bits per heavy atom. The summed E-state index contributed by atoms with van der Waals surface area (Å²) in [5, 5.41) is 1.79. The summed E-state index contributed by atoms with van der Waals surface area (Å²) in [7, 11) is 0. The molecule has 0 atom stereocenters. The van der Waals surface area contributed by atoms with Crippen LogP contribution in [0.15, 0.2) is 48.5 Å². The molecular weight excluding hydrogens is 258 g/mol. The van der Waals surface area contributed by atoms with Gasteiger partial charge in [0.1, 0.15) is 12.4 Å². The molecule has 0 fully saturated rings. The minimum atomic E-state index is 0.510. The number of aromatic nitrogens is 1. The van der Waals surface area contributed by atoms with Gasteiger partial charge in [0.2, 0.25) is 0 Å². The number of rotatable bonds is 3. The summed E-state index contributed by atoms with van der Waals surface area (Å²) in [6.45, 7) is 2.55. The van der Waals surface area contributed by atoms with Crippen molar-refractivity contribution in [1.82, 2.24) is 4.98 Å². The van der Waals surface area contributed by atoms with Crippen LogP contribution >= 0.6 is 11.6 Å². The summed E-state index contributed by atoms with van der Waals surface area (Å²) in [6.07, 6.45) is 0. The zero-order chi connectivity index (χ0) is 13.2. The number of fused-ring (bicyclic) bond motifs is 1. The molecule has 2 nitrogen and oxygen atoms in total. The lowest BCUT2D eigenvalue weighted by molar-refractivity contribution is 0.300. The summed E-state index contributed by atoms with van der Waals surface area (Å²) in [4.78, 5) is 3.32. The van der Waals surface area contributed by atoms with E-state index in [1.54, 1.807) is 0 Å². The Kier molecular flexibility index (Phi) is 3.18. The van der Waals surface area contributed by atoms with Crippen LogP contribution in [0.25, 0.3) is 10.9 Å². The number of aromatic amines is 1. The standard InChI is InChI=1S/C16H14ClNO/c1-11-5-2-3-8-16(11)19-10-12-9-13-14(17)6-4-7-15(13)18-12/h2-9,18H,10H2,1H3. The van der Waals surface area contributed by atoms with Gasteiger partial charge in [-0.3, -0.25) is 0 Å². The van der Waals surface area contributed by atoms with E-state index >= 15 is 0 Å². The van der Waals surface area contributed by atoms with Gasteiger partial charge in [0.05, 0.1) is 5.69 Å². The Labute approximate surface area is 117 Å². The van der Waals surface area contributed by atoms with Crippen molar-refractivity contribution in [1.29, 1.82) is 0 Å². The topological polar surface area (TPSA) is 25.0 Å². The summed E-state index contributed by atoms with van der Waals surface area (Å²) >= 11 is 6.15. The number of ether oxygens (including phenoxy) is 1. The molecule has 0 radical (unpaired) electrons. The first-order valence-corrected chi connectivity index (χ1v) is 6.56. The van der Waals surface area contributed by atoms with Gasteiger partial charge >= 0.3 is 0 Å². The molecule has 0 aliphatic carbocycles. The van der Waals surface area contributed by atoms with Gasteiger partial charge in [0, 0.05) is 15.9 Å². The molecule has 3 aromatic rings. The maximum absolute atomic E-state index is 6.15. The van der Waals surface area contributed by atoms with Crippen molar-refractivity contribution >= 4 is 22.5 Å². The Morgan fingerprint density at radius 2 is 1.95 bits per heavy atom. The second-order valence-corrected chi connectivity index (χ2v) is 4.96. The van der Waals surface area contributed by atoms with E-state index in [0.717, 1.165) is 32.9 Å². The van der Waals surface area contributed by atoms with Crippen LogP contribution in [0.4, 0.5) is 0 Å². The number of nitrogens with one attached hydrogen (secondary N) is 1. The van der Waals surface area contributed by atoms with Crippen LogP contribution in [0.2, 0.25) is 5.02 Å². The van der Waals surface area contributed by atoms with Gasteiger partial charge in [-0.25, -0.2) is 0 Å². The number of para-hydroxylation sites is 1. The van der Waals surface area contributed by atoms with E-state index in [9.17, 15) is 0 Å². The first kappa shape index (κ1) is 12.1. The smallest absolute Gasteiger partial charge is 0.128 e. The lowest BCUT2D eigenvalue weighted by Crippen LogP contribution is -1.96. The fourth-order valence-corrected chi connectivity index (χ4v) is 2.36. The molecular formula is C16H14ClNO. The highest BCUT2D eigenvalue weighted by molar-refractivity contribution is 6.35. The number of benzene rings is 2. The molecule has 3 heteroatoms. The zero-order valence-electron chi connectivity index (χ0n) is 10.6. The van der Waals surface area contributed by atoms with E-state index in [1.165, 1.54) is 0 Å². The van der Waals surface area contributed by atoms with E-state index in [1.807, 2.05) is 55.5 Å². The van der Waals surface area contributed by atoms with Crippen LogP contribution in [0.3, 0.4) is 0 Å². The Bertz CT molecular complexity index is 718. The molecule has 1 aromatic heterocycles. The SMILES string of the molecule is Cc1ccccc1OCc1cc2c(Cl)cccc2[nH]1. The van der Waals surface area contributed by atoms with Crippen molar-refractivity contribution in [2.24, 2.45) is 0 Å². The number of hydrogen-bond acceptors (Lipinski definition) is 1. The lowest BCUT2D eigenvalue weighted by atomic mass is 10.2. The average Bonchev–Trinajstić information content (AvgIpc) is 2.82. The molecule has 0 aliphatic heterocycles. The highest BCUT2D eigenvalue weighted by Gasteiger charge is 2.05. The van der Waals surface area contributed by atoms with Crippen molar-refractivity contribution in [3.05, 3.63) is 64.8 Å². The molecule has 0 bridgehead atoms. The molecule has 0 saturated heterocycles. The predicted octanol–water partition coefficient (Wildman–Crippen LogP) is 4.71. The number of hydrogen-bond donors (Lipinski definition) is 1. The summed E-state index contributed by atoms with van der Waals surface area (Å²) in [5.74, 6) is 0.909. The van der Waals surface area contributed by atoms with Gasteiger partial charge in [-0.15, -0.1) is 0 Å². The fourth-order valence-electron chi connectivity index (χ4n) is 2.13. The first-order valence-electron chi connectivity index (χ1n) is 6.18. The summed E-state index contributed by atoms with van der Waals surface area (Å²) in [5.41, 5.74) is 3.19. The molecule has 0 aliphatic rings. The van der Waals surface area contributed by atoms with Gasteiger partial charge in [-0.05, 0) is 36.8 Å². The molecule has 1 N–H and O–H groups in total. The highest BCUT2D eigenvalue weighted by atomic mass is 35.5. The van der Waals surface area contributed by atoms with E-state index < -0.39 is 0 Å². The summed E-state index contributed by atoms with van der Waals surface area (Å²) < 4.78 is 5.82. The lowest BCUT2D eigenvalue weighted by Gasteiger charge is -2.07. The zero-order valence-corrected chi connectivity index (χ0v) is 11.4. The van der Waals surface area contributed by atoms with Crippen molar-refractivity contribution in [3.8, 4) is 5.75 Å². The first-order chi connectivity index (χ1) is 9.24. The van der Waals surface area contributed by atoms with Crippen LogP contribution < -0.4 is 4.74 Å². The van der Waals surface area contributed by atoms with Crippen LogP contribution in [-0.4, -0.2) is 4.98 Å². The van der Waals surface area contributed by atoms with Crippen molar-refractivity contribution in [2.75, 3.05) is 0 Å².